The normalized spacial score (nSPS) is 25.7. The van der Waals surface area contributed by atoms with E-state index in [0.717, 1.165) is 38.1 Å². The van der Waals surface area contributed by atoms with Gasteiger partial charge in [0.1, 0.15) is 5.76 Å². The lowest BCUT2D eigenvalue weighted by Gasteiger charge is -2.36. The fourth-order valence-corrected chi connectivity index (χ4v) is 2.58. The summed E-state index contributed by atoms with van der Waals surface area (Å²) in [4.78, 5) is 12.5. The first-order valence-electron chi connectivity index (χ1n) is 6.73. The van der Waals surface area contributed by atoms with Gasteiger partial charge in [0.25, 0.3) is 0 Å². The molecule has 1 aliphatic heterocycles. The monoisotopic (exact) mass is 250 g/mol. The zero-order valence-electron chi connectivity index (χ0n) is 11.2. The van der Waals surface area contributed by atoms with Crippen molar-refractivity contribution in [2.45, 2.75) is 39.2 Å². The second-order valence-electron chi connectivity index (χ2n) is 5.12. The number of rotatable bonds is 4. The van der Waals surface area contributed by atoms with Crippen LogP contribution in [-0.2, 0) is 4.79 Å². The summed E-state index contributed by atoms with van der Waals surface area (Å²) in [7, 11) is 0. The molecule has 1 aliphatic rings. The highest BCUT2D eigenvalue weighted by Crippen LogP contribution is 2.31. The second-order valence-corrected chi connectivity index (χ2v) is 5.12. The van der Waals surface area contributed by atoms with Gasteiger partial charge in [0.05, 0.1) is 17.7 Å². The van der Waals surface area contributed by atoms with E-state index < -0.39 is 0 Å². The Balaban J connectivity index is 2.01. The standard InChI is InChI=1S/C14H22N2O2/c1-3-14(7-5-8-15-10-14)13(17)16-11(2)12-6-4-9-18-12/h4,6,9,11,15H,3,5,7-8,10H2,1-2H3,(H,16,17)/t11-,14?/m1/s1. The number of carbonyl (C=O) groups is 1. The molecule has 4 nitrogen and oxygen atoms in total. The Bertz CT molecular complexity index is 381. The molecule has 1 fully saturated rings. The van der Waals surface area contributed by atoms with Crippen LogP contribution >= 0.6 is 0 Å². The number of hydrogen-bond donors (Lipinski definition) is 2. The first kappa shape index (κ1) is 13.1. The Kier molecular flexibility index (Phi) is 4.07. The minimum Gasteiger partial charge on any atom is -0.467 e. The van der Waals surface area contributed by atoms with Crippen molar-refractivity contribution < 1.29 is 9.21 Å². The maximum Gasteiger partial charge on any atom is 0.228 e. The van der Waals surface area contributed by atoms with Crippen LogP contribution in [0.1, 0.15) is 44.9 Å². The molecule has 0 aromatic carbocycles. The number of amides is 1. The molecule has 4 heteroatoms. The summed E-state index contributed by atoms with van der Waals surface area (Å²) in [6.07, 6.45) is 4.54. The van der Waals surface area contributed by atoms with Gasteiger partial charge >= 0.3 is 0 Å². The first-order valence-corrected chi connectivity index (χ1v) is 6.73. The molecule has 18 heavy (non-hydrogen) atoms. The van der Waals surface area contributed by atoms with E-state index in [1.807, 2.05) is 19.1 Å². The smallest absolute Gasteiger partial charge is 0.228 e. The number of nitrogens with one attached hydrogen (secondary N) is 2. The predicted octanol–water partition coefficient (Wildman–Crippen LogP) is 2.24. The van der Waals surface area contributed by atoms with Crippen molar-refractivity contribution in [1.29, 1.82) is 0 Å². The molecular formula is C14H22N2O2. The molecule has 0 saturated carbocycles. The lowest BCUT2D eigenvalue weighted by molar-refractivity contribution is -0.133. The lowest BCUT2D eigenvalue weighted by Crippen LogP contribution is -2.50. The molecule has 0 bridgehead atoms. The van der Waals surface area contributed by atoms with Gasteiger partial charge in [-0.25, -0.2) is 0 Å². The van der Waals surface area contributed by atoms with Crippen molar-refractivity contribution in [2.75, 3.05) is 13.1 Å². The molecule has 0 aliphatic carbocycles. The quantitative estimate of drug-likeness (QED) is 0.861. The Labute approximate surface area is 108 Å². The Morgan fingerprint density at radius 2 is 2.50 bits per heavy atom. The minimum absolute atomic E-state index is 0.0714. The van der Waals surface area contributed by atoms with E-state index in [1.165, 1.54) is 0 Å². The third-order valence-electron chi connectivity index (χ3n) is 3.95. The van der Waals surface area contributed by atoms with E-state index in [4.69, 9.17) is 4.42 Å². The van der Waals surface area contributed by atoms with Crippen molar-refractivity contribution in [2.24, 2.45) is 5.41 Å². The van der Waals surface area contributed by atoms with E-state index in [2.05, 4.69) is 17.6 Å². The van der Waals surface area contributed by atoms with Crippen LogP contribution in [0.3, 0.4) is 0 Å². The summed E-state index contributed by atoms with van der Waals surface area (Å²) in [5.74, 6) is 0.944. The zero-order chi connectivity index (χ0) is 13.0. The molecule has 100 valence electrons. The Hall–Kier alpha value is -1.29. The zero-order valence-corrected chi connectivity index (χ0v) is 11.2. The summed E-state index contributed by atoms with van der Waals surface area (Å²) in [5, 5.41) is 6.40. The molecule has 2 N–H and O–H groups in total. The maximum atomic E-state index is 12.5. The fourth-order valence-electron chi connectivity index (χ4n) is 2.58. The first-order chi connectivity index (χ1) is 8.68. The van der Waals surface area contributed by atoms with Crippen LogP contribution in [0.4, 0.5) is 0 Å². The summed E-state index contributed by atoms with van der Waals surface area (Å²) in [6.45, 7) is 5.84. The summed E-state index contributed by atoms with van der Waals surface area (Å²) < 4.78 is 5.32. The summed E-state index contributed by atoms with van der Waals surface area (Å²) in [5.41, 5.74) is -0.251. The molecule has 1 aromatic heterocycles. The molecular weight excluding hydrogens is 228 g/mol. The maximum absolute atomic E-state index is 12.5. The van der Waals surface area contributed by atoms with Gasteiger partial charge in [-0.1, -0.05) is 6.92 Å². The predicted molar refractivity (Wildman–Crippen MR) is 70.1 cm³/mol. The number of hydrogen-bond acceptors (Lipinski definition) is 3. The minimum atomic E-state index is -0.251. The van der Waals surface area contributed by atoms with E-state index >= 15 is 0 Å². The van der Waals surface area contributed by atoms with Crippen molar-refractivity contribution >= 4 is 5.91 Å². The lowest BCUT2D eigenvalue weighted by atomic mass is 9.77. The third-order valence-corrected chi connectivity index (χ3v) is 3.95. The second kappa shape index (κ2) is 5.57. The Morgan fingerprint density at radius 3 is 3.06 bits per heavy atom. The van der Waals surface area contributed by atoms with Crippen molar-refractivity contribution in [3.8, 4) is 0 Å². The summed E-state index contributed by atoms with van der Waals surface area (Å²) in [6, 6.07) is 3.66. The molecule has 0 spiro atoms. The van der Waals surface area contributed by atoms with Crippen LogP contribution in [0.2, 0.25) is 0 Å². The largest absolute Gasteiger partial charge is 0.467 e. The average molecular weight is 250 g/mol. The van der Waals surface area contributed by atoms with Gasteiger partial charge in [0.15, 0.2) is 0 Å². The van der Waals surface area contributed by atoms with Crippen LogP contribution in [0.5, 0.6) is 0 Å². The number of furan rings is 1. The topological polar surface area (TPSA) is 54.3 Å². The van der Waals surface area contributed by atoms with Gasteiger partial charge < -0.3 is 15.1 Å². The van der Waals surface area contributed by atoms with Crippen molar-refractivity contribution in [3.05, 3.63) is 24.2 Å². The molecule has 2 rings (SSSR count). The summed E-state index contributed by atoms with van der Waals surface area (Å²) >= 11 is 0. The van der Waals surface area contributed by atoms with Crippen molar-refractivity contribution in [1.82, 2.24) is 10.6 Å². The fraction of sp³-hybridized carbons (Fsp3) is 0.643. The van der Waals surface area contributed by atoms with Gasteiger partial charge in [-0.2, -0.15) is 0 Å². The highest BCUT2D eigenvalue weighted by Gasteiger charge is 2.38. The van der Waals surface area contributed by atoms with Gasteiger partial charge in [-0.3, -0.25) is 4.79 Å². The third kappa shape index (κ3) is 2.58. The SMILES string of the molecule is CCC1(C(=O)N[C@H](C)c2ccco2)CCCNC1. The molecule has 0 radical (unpaired) electrons. The average Bonchev–Trinajstić information content (AvgIpc) is 2.93. The van der Waals surface area contributed by atoms with Crippen LogP contribution in [0.25, 0.3) is 0 Å². The number of piperidine rings is 1. The van der Waals surface area contributed by atoms with E-state index in [9.17, 15) is 4.79 Å². The van der Waals surface area contributed by atoms with Crippen LogP contribution in [0.15, 0.2) is 22.8 Å². The van der Waals surface area contributed by atoms with Crippen LogP contribution in [-0.4, -0.2) is 19.0 Å². The molecule has 1 saturated heterocycles. The molecule has 2 heterocycles. The van der Waals surface area contributed by atoms with Crippen LogP contribution in [0, 0.1) is 5.41 Å². The van der Waals surface area contributed by atoms with E-state index in [0.29, 0.717) is 0 Å². The van der Waals surface area contributed by atoms with Gasteiger partial charge in [-0.15, -0.1) is 0 Å². The van der Waals surface area contributed by atoms with Gasteiger partial charge in [-0.05, 0) is 44.9 Å². The van der Waals surface area contributed by atoms with Gasteiger partial charge in [0.2, 0.25) is 5.91 Å². The highest BCUT2D eigenvalue weighted by molar-refractivity contribution is 5.83. The van der Waals surface area contributed by atoms with Gasteiger partial charge in [0, 0.05) is 6.54 Å². The molecule has 1 amide bonds. The highest BCUT2D eigenvalue weighted by atomic mass is 16.3. The molecule has 1 unspecified atom stereocenters. The van der Waals surface area contributed by atoms with E-state index in [-0.39, 0.29) is 17.4 Å². The number of carbonyl (C=O) groups excluding carboxylic acids is 1. The van der Waals surface area contributed by atoms with Crippen LogP contribution < -0.4 is 10.6 Å². The van der Waals surface area contributed by atoms with Crippen molar-refractivity contribution in [3.63, 3.8) is 0 Å². The molecule has 1 aromatic rings. The molecule has 2 atom stereocenters. The van der Waals surface area contributed by atoms with E-state index in [1.54, 1.807) is 6.26 Å². The Morgan fingerprint density at radius 1 is 1.67 bits per heavy atom.